The highest BCUT2D eigenvalue weighted by Gasteiger charge is 2.16. The number of hydrogen-bond acceptors (Lipinski definition) is 6. The van der Waals surface area contributed by atoms with Gasteiger partial charge in [0.15, 0.2) is 5.65 Å². The van der Waals surface area contributed by atoms with Crippen LogP contribution in [-0.2, 0) is 6.54 Å². The number of nitrogens with one attached hydrogen (secondary N) is 1. The van der Waals surface area contributed by atoms with Crippen molar-refractivity contribution in [1.82, 2.24) is 14.7 Å². The van der Waals surface area contributed by atoms with E-state index in [9.17, 15) is 4.79 Å². The lowest BCUT2D eigenvalue weighted by Gasteiger charge is -2.30. The van der Waals surface area contributed by atoms with Crippen LogP contribution in [0.3, 0.4) is 0 Å². The van der Waals surface area contributed by atoms with E-state index in [-0.39, 0.29) is 5.56 Å². The van der Waals surface area contributed by atoms with Gasteiger partial charge in [0, 0.05) is 31.4 Å². The molecule has 164 valence electrons. The van der Waals surface area contributed by atoms with Crippen molar-refractivity contribution in [2.45, 2.75) is 52.5 Å². The molecule has 7 nitrogen and oxygen atoms in total. The fourth-order valence-corrected chi connectivity index (χ4v) is 4.15. The molecule has 0 bridgehead atoms. The van der Waals surface area contributed by atoms with Crippen molar-refractivity contribution in [1.29, 1.82) is 0 Å². The Morgan fingerprint density at radius 1 is 1.13 bits per heavy atom. The van der Waals surface area contributed by atoms with Crippen molar-refractivity contribution >= 4 is 22.4 Å². The molecule has 1 aromatic carbocycles. The summed E-state index contributed by atoms with van der Waals surface area (Å²) in [5.41, 5.74) is 4.31. The maximum Gasteiger partial charge on any atom is 0.287 e. The molecule has 1 N–H and O–H groups in total. The topological polar surface area (TPSA) is 72.3 Å². The van der Waals surface area contributed by atoms with Gasteiger partial charge in [-0.25, -0.2) is 9.97 Å². The van der Waals surface area contributed by atoms with Gasteiger partial charge in [-0.1, -0.05) is 31.5 Å². The van der Waals surface area contributed by atoms with Crippen LogP contribution in [0.4, 0.5) is 11.4 Å². The number of piperidine rings is 1. The van der Waals surface area contributed by atoms with Gasteiger partial charge in [0.05, 0.1) is 16.8 Å². The van der Waals surface area contributed by atoms with Crippen molar-refractivity contribution in [3.05, 3.63) is 58.3 Å². The highest BCUT2D eigenvalue weighted by atomic mass is 16.7. The summed E-state index contributed by atoms with van der Waals surface area (Å²) in [6.45, 7) is 7.31. The summed E-state index contributed by atoms with van der Waals surface area (Å²) in [6.07, 6.45) is 7.13. The molecule has 2 aromatic heterocycles. The van der Waals surface area contributed by atoms with Crippen LogP contribution in [0.15, 0.2) is 41.5 Å². The number of para-hydroxylation sites is 1. The number of hydrogen-bond donors (Lipinski definition) is 1. The number of unbranched alkanes of at least 4 members (excludes halogenated alkanes) is 1. The average molecular weight is 422 g/mol. The van der Waals surface area contributed by atoms with E-state index in [2.05, 4.69) is 51.4 Å². The molecule has 3 aromatic rings. The van der Waals surface area contributed by atoms with Gasteiger partial charge in [0.25, 0.3) is 5.56 Å². The van der Waals surface area contributed by atoms with Gasteiger partial charge in [-0.05, 0) is 44.2 Å². The first kappa shape index (κ1) is 21.2. The summed E-state index contributed by atoms with van der Waals surface area (Å²) >= 11 is 0. The lowest BCUT2D eigenvalue weighted by atomic mass is 10.1. The van der Waals surface area contributed by atoms with Crippen LogP contribution < -0.4 is 20.6 Å². The second-order valence-electron chi connectivity index (χ2n) is 8.07. The second-order valence-corrected chi connectivity index (χ2v) is 8.07. The fourth-order valence-electron chi connectivity index (χ4n) is 4.15. The lowest BCUT2D eigenvalue weighted by molar-refractivity contribution is 0.108. The molecule has 1 aliphatic rings. The second kappa shape index (κ2) is 9.81. The van der Waals surface area contributed by atoms with Crippen molar-refractivity contribution in [3.8, 4) is 0 Å². The Balaban J connectivity index is 1.64. The molecule has 0 saturated carbocycles. The minimum Gasteiger partial charge on any atom is -0.409 e. The van der Waals surface area contributed by atoms with E-state index in [0.717, 1.165) is 42.7 Å². The quantitative estimate of drug-likeness (QED) is 0.556. The Morgan fingerprint density at radius 3 is 2.74 bits per heavy atom. The highest BCUT2D eigenvalue weighted by Crippen LogP contribution is 2.27. The first-order valence-corrected chi connectivity index (χ1v) is 11.3. The predicted molar refractivity (Wildman–Crippen MR) is 125 cm³/mol. The van der Waals surface area contributed by atoms with Crippen LogP contribution in [0.2, 0.25) is 0 Å². The summed E-state index contributed by atoms with van der Waals surface area (Å²) in [7, 11) is 0. The Hall–Kier alpha value is -3.09. The van der Waals surface area contributed by atoms with E-state index < -0.39 is 0 Å². The van der Waals surface area contributed by atoms with Crippen LogP contribution in [0.5, 0.6) is 0 Å². The van der Waals surface area contributed by atoms with Gasteiger partial charge in [-0.2, -0.15) is 0 Å². The van der Waals surface area contributed by atoms with Crippen LogP contribution >= 0.6 is 0 Å². The van der Waals surface area contributed by atoms with Crippen LogP contribution in [-0.4, -0.2) is 34.4 Å². The van der Waals surface area contributed by atoms with E-state index in [0.29, 0.717) is 18.8 Å². The number of anilines is 2. The van der Waals surface area contributed by atoms with Crippen LogP contribution in [0.1, 0.15) is 50.3 Å². The molecule has 4 rings (SSSR count). The van der Waals surface area contributed by atoms with Gasteiger partial charge in [-0.3, -0.25) is 4.79 Å². The van der Waals surface area contributed by atoms with Gasteiger partial charge < -0.3 is 15.1 Å². The third kappa shape index (κ3) is 4.65. The van der Waals surface area contributed by atoms with E-state index >= 15 is 0 Å². The molecule has 1 saturated heterocycles. The number of fused-ring (bicyclic) bond motifs is 1. The minimum atomic E-state index is -0.228. The third-order valence-corrected chi connectivity index (χ3v) is 5.82. The normalized spacial score (nSPS) is 14.1. The smallest absolute Gasteiger partial charge is 0.287 e. The summed E-state index contributed by atoms with van der Waals surface area (Å²) in [4.78, 5) is 29.7. The molecule has 1 aliphatic heterocycles. The van der Waals surface area contributed by atoms with E-state index in [1.807, 2.05) is 6.92 Å². The SMILES string of the molecule is CCCCOn1c(=O)cc(NCc2ccccc2N2CCCCC2)c2c(C)ncnc21. The summed E-state index contributed by atoms with van der Waals surface area (Å²) in [5, 5.41) is 4.30. The molecule has 1 fully saturated rings. The lowest BCUT2D eigenvalue weighted by Crippen LogP contribution is -2.30. The molecule has 31 heavy (non-hydrogen) atoms. The molecule has 7 heteroatoms. The van der Waals surface area contributed by atoms with Gasteiger partial charge >= 0.3 is 0 Å². The fraction of sp³-hybridized carbons (Fsp3) is 0.458. The zero-order valence-corrected chi connectivity index (χ0v) is 18.4. The molecular formula is C24H31N5O2. The number of benzene rings is 1. The predicted octanol–water partition coefficient (Wildman–Crippen LogP) is 3.93. The van der Waals surface area contributed by atoms with Crippen molar-refractivity contribution < 1.29 is 4.84 Å². The Bertz CT molecular complexity index is 1090. The van der Waals surface area contributed by atoms with E-state index in [1.165, 1.54) is 41.6 Å². The molecule has 0 amide bonds. The number of pyridine rings is 1. The van der Waals surface area contributed by atoms with Crippen LogP contribution in [0, 0.1) is 6.92 Å². The molecule has 0 spiro atoms. The summed E-state index contributed by atoms with van der Waals surface area (Å²) in [5.74, 6) is 0. The molecule has 0 radical (unpaired) electrons. The first-order chi connectivity index (χ1) is 15.2. The van der Waals surface area contributed by atoms with Gasteiger partial charge in [-0.15, -0.1) is 4.73 Å². The monoisotopic (exact) mass is 421 g/mol. The minimum absolute atomic E-state index is 0.228. The van der Waals surface area contributed by atoms with E-state index in [1.54, 1.807) is 6.07 Å². The maximum absolute atomic E-state index is 12.8. The molecule has 3 heterocycles. The number of aromatic nitrogens is 3. The van der Waals surface area contributed by atoms with Crippen LogP contribution in [0.25, 0.3) is 11.0 Å². The zero-order chi connectivity index (χ0) is 21.6. The Kier molecular flexibility index (Phi) is 6.70. The Labute approximate surface area is 183 Å². The van der Waals surface area contributed by atoms with Gasteiger partial charge in [0.1, 0.15) is 12.9 Å². The average Bonchev–Trinajstić information content (AvgIpc) is 2.80. The molecular weight excluding hydrogens is 390 g/mol. The number of nitrogens with zero attached hydrogens (tertiary/aromatic N) is 4. The summed E-state index contributed by atoms with van der Waals surface area (Å²) < 4.78 is 1.30. The van der Waals surface area contributed by atoms with Crippen molar-refractivity contribution in [2.75, 3.05) is 29.9 Å². The van der Waals surface area contributed by atoms with E-state index in [4.69, 9.17) is 4.84 Å². The molecule has 0 atom stereocenters. The Morgan fingerprint density at radius 2 is 1.94 bits per heavy atom. The standard InChI is InChI=1S/C24H31N5O2/c1-3-4-14-31-29-22(30)15-20(23-18(2)26-17-27-24(23)29)25-16-19-10-6-7-11-21(19)28-12-8-5-9-13-28/h6-7,10-11,15,17,25H,3-5,8-9,12-14,16H2,1-2H3. The largest absolute Gasteiger partial charge is 0.409 e. The number of aryl methyl sites for hydroxylation is 1. The van der Waals surface area contributed by atoms with Gasteiger partial charge in [0.2, 0.25) is 0 Å². The number of rotatable bonds is 8. The zero-order valence-electron chi connectivity index (χ0n) is 18.4. The van der Waals surface area contributed by atoms with Crippen molar-refractivity contribution in [3.63, 3.8) is 0 Å². The van der Waals surface area contributed by atoms with Crippen molar-refractivity contribution in [2.24, 2.45) is 0 Å². The third-order valence-electron chi connectivity index (χ3n) is 5.82. The molecule has 0 unspecified atom stereocenters. The summed E-state index contributed by atoms with van der Waals surface area (Å²) in [6, 6.07) is 10.1. The first-order valence-electron chi connectivity index (χ1n) is 11.3. The maximum atomic E-state index is 12.8. The molecule has 0 aliphatic carbocycles. The highest BCUT2D eigenvalue weighted by molar-refractivity contribution is 5.90.